The monoisotopic (exact) mass is 411 g/mol. The van der Waals surface area contributed by atoms with E-state index in [4.69, 9.17) is 16.3 Å². The molecule has 0 saturated carbocycles. The van der Waals surface area contributed by atoms with E-state index < -0.39 is 14.9 Å². The number of non-ortho nitro benzene ring substituents is 1. The van der Waals surface area contributed by atoms with Gasteiger partial charge in [-0.05, 0) is 30.7 Å². The predicted molar refractivity (Wildman–Crippen MR) is 101 cm³/mol. The lowest BCUT2D eigenvalue weighted by Crippen LogP contribution is -2.46. The molecule has 0 radical (unpaired) electrons. The van der Waals surface area contributed by atoms with Gasteiger partial charge in [-0.15, -0.1) is 0 Å². The Kier molecular flexibility index (Phi) is 5.66. The van der Waals surface area contributed by atoms with Gasteiger partial charge in [0.2, 0.25) is 10.0 Å². The van der Waals surface area contributed by atoms with E-state index in [9.17, 15) is 18.5 Å². The van der Waals surface area contributed by atoms with Gasteiger partial charge in [0.15, 0.2) is 0 Å². The van der Waals surface area contributed by atoms with Crippen LogP contribution in [0.5, 0.6) is 11.5 Å². The van der Waals surface area contributed by atoms with E-state index in [-0.39, 0.29) is 35.2 Å². The summed E-state index contributed by atoms with van der Waals surface area (Å²) in [5.74, 6) is 0.272. The number of piperazine rings is 1. The molecule has 0 aliphatic carbocycles. The number of benzene rings is 2. The molecule has 1 fully saturated rings. The zero-order chi connectivity index (χ0) is 19.6. The number of aryl methyl sites for hydroxylation is 1. The smallest absolute Gasteiger partial charge is 0.271 e. The highest BCUT2D eigenvalue weighted by atomic mass is 35.5. The first-order chi connectivity index (χ1) is 12.8. The number of nitrogens with zero attached hydrogens (tertiary/aromatic N) is 2. The van der Waals surface area contributed by atoms with Crippen molar-refractivity contribution in [1.29, 1.82) is 0 Å². The van der Waals surface area contributed by atoms with Gasteiger partial charge in [0.1, 0.15) is 16.4 Å². The van der Waals surface area contributed by atoms with Crippen LogP contribution in [-0.4, -0.2) is 43.8 Å². The van der Waals surface area contributed by atoms with Crippen LogP contribution in [0.15, 0.2) is 41.3 Å². The number of nitrogens with one attached hydrogen (secondary N) is 1. The summed E-state index contributed by atoms with van der Waals surface area (Å²) in [4.78, 5) is 10.3. The Hall–Kier alpha value is -2.20. The Balaban J connectivity index is 2.08. The van der Waals surface area contributed by atoms with Gasteiger partial charge in [0.05, 0.1) is 9.95 Å². The van der Waals surface area contributed by atoms with E-state index in [1.807, 2.05) is 6.92 Å². The van der Waals surface area contributed by atoms with Crippen LogP contribution in [0.2, 0.25) is 5.02 Å². The van der Waals surface area contributed by atoms with Crippen molar-refractivity contribution in [3.63, 3.8) is 0 Å². The topological polar surface area (TPSA) is 102 Å². The maximum atomic E-state index is 13.1. The molecule has 144 valence electrons. The molecule has 0 spiro atoms. The predicted octanol–water partition coefficient (Wildman–Crippen LogP) is 2.94. The van der Waals surface area contributed by atoms with E-state index in [0.29, 0.717) is 18.1 Å². The third-order valence-corrected chi connectivity index (χ3v) is 6.37. The highest BCUT2D eigenvalue weighted by molar-refractivity contribution is 7.89. The third kappa shape index (κ3) is 4.22. The lowest BCUT2D eigenvalue weighted by molar-refractivity contribution is -0.385. The molecule has 1 saturated heterocycles. The summed E-state index contributed by atoms with van der Waals surface area (Å²) in [5.41, 5.74) is 0.550. The molecule has 1 heterocycles. The molecule has 3 rings (SSSR count). The molecule has 8 nitrogen and oxygen atoms in total. The molecule has 2 aromatic rings. The van der Waals surface area contributed by atoms with Crippen molar-refractivity contribution in [2.75, 3.05) is 26.2 Å². The van der Waals surface area contributed by atoms with Gasteiger partial charge in [-0.25, -0.2) is 8.42 Å². The SMILES string of the molecule is Cc1ccc(Cl)c(Oc2ccc([N+](=O)[O-])cc2S(=O)(=O)N2CCNCC2)c1. The van der Waals surface area contributed by atoms with Crippen LogP contribution in [0, 0.1) is 17.0 Å². The number of hydrogen-bond donors (Lipinski definition) is 1. The minimum atomic E-state index is -3.97. The van der Waals surface area contributed by atoms with Crippen LogP contribution >= 0.6 is 11.6 Å². The van der Waals surface area contributed by atoms with Crippen LogP contribution in [0.1, 0.15) is 5.56 Å². The number of halogens is 1. The van der Waals surface area contributed by atoms with Crippen molar-refractivity contribution in [3.8, 4) is 11.5 Å². The number of nitro groups is 1. The standard InChI is InChI=1S/C17H18ClN3O5S/c1-12-2-4-14(18)16(10-12)26-15-5-3-13(21(22)23)11-17(15)27(24,25)20-8-6-19-7-9-20/h2-5,10-11,19H,6-9H2,1H3. The van der Waals surface area contributed by atoms with Crippen molar-refractivity contribution in [3.05, 3.63) is 57.1 Å². The first-order valence-corrected chi connectivity index (χ1v) is 10.0. The third-order valence-electron chi connectivity index (χ3n) is 4.14. The minimum Gasteiger partial charge on any atom is -0.454 e. The zero-order valence-electron chi connectivity index (χ0n) is 14.5. The van der Waals surface area contributed by atoms with E-state index >= 15 is 0 Å². The van der Waals surface area contributed by atoms with Gasteiger partial charge in [-0.1, -0.05) is 17.7 Å². The van der Waals surface area contributed by atoms with Crippen LogP contribution in [0.25, 0.3) is 0 Å². The molecule has 2 aromatic carbocycles. The van der Waals surface area contributed by atoms with Crippen molar-refractivity contribution in [2.45, 2.75) is 11.8 Å². The lowest BCUT2D eigenvalue weighted by atomic mass is 10.2. The second-order valence-electron chi connectivity index (χ2n) is 6.08. The van der Waals surface area contributed by atoms with Gasteiger partial charge in [0.25, 0.3) is 5.69 Å². The number of ether oxygens (including phenoxy) is 1. The molecule has 0 atom stereocenters. The average molecular weight is 412 g/mol. The van der Waals surface area contributed by atoms with E-state index in [1.54, 1.807) is 18.2 Å². The maximum Gasteiger partial charge on any atom is 0.271 e. The molecule has 1 aliphatic rings. The Morgan fingerprint density at radius 1 is 1.15 bits per heavy atom. The summed E-state index contributed by atoms with van der Waals surface area (Å²) in [6.45, 7) is 3.41. The molecule has 10 heteroatoms. The number of nitro benzene ring substituents is 1. The van der Waals surface area contributed by atoms with E-state index in [1.165, 1.54) is 16.4 Å². The maximum absolute atomic E-state index is 13.1. The summed E-state index contributed by atoms with van der Waals surface area (Å²) in [6.07, 6.45) is 0. The van der Waals surface area contributed by atoms with Crippen molar-refractivity contribution < 1.29 is 18.1 Å². The van der Waals surface area contributed by atoms with Gasteiger partial charge in [-0.3, -0.25) is 10.1 Å². The van der Waals surface area contributed by atoms with Crippen LogP contribution < -0.4 is 10.1 Å². The van der Waals surface area contributed by atoms with Gasteiger partial charge in [0, 0.05) is 38.3 Å². The Morgan fingerprint density at radius 2 is 1.85 bits per heavy atom. The number of sulfonamides is 1. The first kappa shape index (κ1) is 19.6. The Morgan fingerprint density at radius 3 is 2.52 bits per heavy atom. The fraction of sp³-hybridized carbons (Fsp3) is 0.294. The number of hydrogen-bond acceptors (Lipinski definition) is 6. The summed E-state index contributed by atoms with van der Waals surface area (Å²) >= 11 is 6.14. The second kappa shape index (κ2) is 7.81. The molecule has 0 bridgehead atoms. The van der Waals surface area contributed by atoms with Crippen molar-refractivity contribution in [2.24, 2.45) is 0 Å². The molecule has 0 aromatic heterocycles. The van der Waals surface area contributed by atoms with Crippen molar-refractivity contribution in [1.82, 2.24) is 9.62 Å². The van der Waals surface area contributed by atoms with Crippen LogP contribution in [0.4, 0.5) is 5.69 Å². The van der Waals surface area contributed by atoms with Gasteiger partial charge >= 0.3 is 0 Å². The van der Waals surface area contributed by atoms with Crippen molar-refractivity contribution >= 4 is 27.3 Å². The summed E-state index contributed by atoms with van der Waals surface area (Å²) < 4.78 is 33.2. The quantitative estimate of drug-likeness (QED) is 0.599. The first-order valence-electron chi connectivity index (χ1n) is 8.22. The Labute approximate surface area is 161 Å². The van der Waals surface area contributed by atoms with Gasteiger partial charge in [-0.2, -0.15) is 4.31 Å². The zero-order valence-corrected chi connectivity index (χ0v) is 16.1. The van der Waals surface area contributed by atoms with Crippen LogP contribution in [-0.2, 0) is 10.0 Å². The molecule has 0 unspecified atom stereocenters. The minimum absolute atomic E-state index is 0.00775. The Bertz CT molecular complexity index is 975. The normalized spacial score (nSPS) is 15.5. The molecule has 1 aliphatic heterocycles. The summed E-state index contributed by atoms with van der Waals surface area (Å²) in [5, 5.41) is 14.5. The lowest BCUT2D eigenvalue weighted by Gasteiger charge is -2.27. The van der Waals surface area contributed by atoms with Gasteiger partial charge < -0.3 is 10.1 Å². The average Bonchev–Trinajstić information content (AvgIpc) is 2.65. The van der Waals surface area contributed by atoms with E-state index in [0.717, 1.165) is 11.6 Å². The summed E-state index contributed by atoms with van der Waals surface area (Å²) in [7, 11) is -3.97. The van der Waals surface area contributed by atoms with Crippen LogP contribution in [0.3, 0.4) is 0 Å². The molecule has 1 N–H and O–H groups in total. The fourth-order valence-electron chi connectivity index (χ4n) is 2.73. The van der Waals surface area contributed by atoms with E-state index in [2.05, 4.69) is 5.32 Å². The largest absolute Gasteiger partial charge is 0.454 e. The number of rotatable bonds is 5. The molecular formula is C17H18ClN3O5S. The second-order valence-corrected chi connectivity index (χ2v) is 8.39. The highest BCUT2D eigenvalue weighted by Crippen LogP contribution is 2.36. The molecule has 27 heavy (non-hydrogen) atoms. The molecular weight excluding hydrogens is 394 g/mol. The summed E-state index contributed by atoms with van der Waals surface area (Å²) in [6, 6.07) is 8.62. The fourth-order valence-corrected chi connectivity index (χ4v) is 4.46. The molecule has 0 amide bonds. The highest BCUT2D eigenvalue weighted by Gasteiger charge is 2.31.